The Hall–Kier alpha value is -2.95. The fourth-order valence-electron chi connectivity index (χ4n) is 2.90. The van der Waals surface area contributed by atoms with Crippen LogP contribution < -0.4 is 11.2 Å². The predicted molar refractivity (Wildman–Crippen MR) is 93.8 cm³/mol. The van der Waals surface area contributed by atoms with Gasteiger partial charge in [0, 0.05) is 5.92 Å². The number of anilines is 1. The van der Waals surface area contributed by atoms with Crippen molar-refractivity contribution in [3.63, 3.8) is 0 Å². The molecule has 1 saturated carbocycles. The summed E-state index contributed by atoms with van der Waals surface area (Å²) in [7, 11) is 0. The lowest BCUT2D eigenvalue weighted by Gasteiger charge is -2.05. The lowest BCUT2D eigenvalue weighted by molar-refractivity contribution is 1.05. The molecule has 0 radical (unpaired) electrons. The summed E-state index contributed by atoms with van der Waals surface area (Å²) in [4.78, 5) is 0. The maximum Gasteiger partial charge on any atom is 0.175 e. The molecule has 1 aliphatic carbocycles. The first kappa shape index (κ1) is 13.7. The van der Waals surface area contributed by atoms with E-state index in [0.717, 1.165) is 17.8 Å². The first-order valence-corrected chi connectivity index (χ1v) is 7.68. The fraction of sp³-hybridized carbons (Fsp3) is 0.167. The fourth-order valence-corrected chi connectivity index (χ4v) is 2.90. The van der Waals surface area contributed by atoms with Crippen molar-refractivity contribution < 1.29 is 0 Å². The zero-order valence-corrected chi connectivity index (χ0v) is 12.6. The lowest BCUT2D eigenvalue weighted by Crippen LogP contribution is -2.29. The van der Waals surface area contributed by atoms with Crippen molar-refractivity contribution >= 4 is 22.9 Å². The van der Waals surface area contributed by atoms with Crippen molar-refractivity contribution in [1.29, 1.82) is 0 Å². The van der Waals surface area contributed by atoms with Crippen LogP contribution in [0.4, 0.5) is 5.69 Å². The van der Waals surface area contributed by atoms with Crippen LogP contribution in [0, 0.1) is 5.92 Å². The summed E-state index contributed by atoms with van der Waals surface area (Å²) in [5.41, 5.74) is 12.8. The van der Waals surface area contributed by atoms with E-state index < -0.39 is 0 Å². The quantitative estimate of drug-likeness (QED) is 0.852. The number of nitrogens with one attached hydrogen (secondary N) is 1. The predicted octanol–water partition coefficient (Wildman–Crippen LogP) is 2.99. The smallest absolute Gasteiger partial charge is 0.175 e. The second-order valence-electron chi connectivity index (χ2n) is 5.77. The van der Waals surface area contributed by atoms with Crippen molar-refractivity contribution in [3.05, 3.63) is 66.2 Å². The molecule has 2 atom stereocenters. The second-order valence-corrected chi connectivity index (χ2v) is 5.77. The van der Waals surface area contributed by atoms with Crippen LogP contribution >= 0.6 is 0 Å². The summed E-state index contributed by atoms with van der Waals surface area (Å²) in [5, 5.41) is 12.7. The van der Waals surface area contributed by atoms with E-state index in [-0.39, 0.29) is 0 Å². The summed E-state index contributed by atoms with van der Waals surface area (Å²) in [6.45, 7) is 0. The molecular weight excluding hydrogens is 286 g/mol. The van der Waals surface area contributed by atoms with Crippen molar-refractivity contribution in [2.45, 2.75) is 12.3 Å². The first-order valence-electron chi connectivity index (χ1n) is 7.68. The minimum absolute atomic E-state index is 0.346. The van der Waals surface area contributed by atoms with E-state index >= 15 is 0 Å². The molecule has 2 aliphatic rings. The summed E-state index contributed by atoms with van der Waals surface area (Å²) < 4.78 is 0. The van der Waals surface area contributed by atoms with Gasteiger partial charge in [-0.25, -0.2) is 0 Å². The van der Waals surface area contributed by atoms with E-state index in [1.165, 1.54) is 5.56 Å². The van der Waals surface area contributed by atoms with E-state index in [1.54, 1.807) is 0 Å². The summed E-state index contributed by atoms with van der Waals surface area (Å²) >= 11 is 0. The van der Waals surface area contributed by atoms with Gasteiger partial charge in [0.25, 0.3) is 0 Å². The molecule has 0 aromatic heterocycles. The average molecular weight is 303 g/mol. The molecular formula is C18H17N5. The van der Waals surface area contributed by atoms with Gasteiger partial charge in [-0.3, -0.25) is 5.43 Å². The second kappa shape index (κ2) is 5.68. The number of benzene rings is 2. The Balaban J connectivity index is 1.51. The Morgan fingerprint density at radius 3 is 2.35 bits per heavy atom. The highest BCUT2D eigenvalue weighted by Crippen LogP contribution is 2.49. The number of para-hydroxylation sites is 1. The Morgan fingerprint density at radius 2 is 1.61 bits per heavy atom. The van der Waals surface area contributed by atoms with Gasteiger partial charge in [0.15, 0.2) is 11.5 Å². The number of hydrazone groups is 1. The monoisotopic (exact) mass is 303 g/mol. The molecule has 2 unspecified atom stereocenters. The van der Waals surface area contributed by atoms with Gasteiger partial charge in [-0.1, -0.05) is 48.5 Å². The van der Waals surface area contributed by atoms with Gasteiger partial charge in [-0.15, -0.1) is 5.10 Å². The van der Waals surface area contributed by atoms with Crippen molar-refractivity contribution in [2.24, 2.45) is 27.0 Å². The van der Waals surface area contributed by atoms with Gasteiger partial charge in [-0.2, -0.15) is 10.2 Å². The van der Waals surface area contributed by atoms with E-state index in [9.17, 15) is 0 Å². The van der Waals surface area contributed by atoms with Crippen LogP contribution in [0.2, 0.25) is 0 Å². The molecule has 1 aliphatic heterocycles. The number of rotatable bonds is 4. The van der Waals surface area contributed by atoms with Crippen molar-refractivity contribution in [1.82, 2.24) is 0 Å². The molecule has 5 heteroatoms. The molecule has 23 heavy (non-hydrogen) atoms. The zero-order valence-electron chi connectivity index (χ0n) is 12.6. The Bertz CT molecular complexity index is 793. The van der Waals surface area contributed by atoms with E-state index in [2.05, 4.69) is 45.0 Å². The molecule has 4 rings (SSSR count). The highest BCUT2D eigenvalue weighted by molar-refractivity contribution is 6.70. The van der Waals surface area contributed by atoms with Gasteiger partial charge in [0.2, 0.25) is 0 Å². The van der Waals surface area contributed by atoms with E-state index in [4.69, 9.17) is 5.73 Å². The van der Waals surface area contributed by atoms with E-state index in [1.807, 2.05) is 36.4 Å². The zero-order chi connectivity index (χ0) is 15.6. The SMILES string of the molecule is NC1=NN=C(C2CC2c2ccccc2)/C1=N\Nc1ccccc1. The summed E-state index contributed by atoms with van der Waals surface area (Å²) in [5.74, 6) is 1.21. The van der Waals surface area contributed by atoms with Gasteiger partial charge < -0.3 is 5.73 Å². The number of nitrogens with zero attached hydrogens (tertiary/aromatic N) is 3. The standard InChI is InChI=1S/C18H17N5/c19-18-17(22-20-13-9-5-2-6-10-13)16(21-23-18)15-11-14(15)12-7-3-1-4-8-12/h1-10,14-15,20H,11H2,(H2,19,22,23). The molecule has 0 bridgehead atoms. The lowest BCUT2D eigenvalue weighted by atomic mass is 10.0. The normalized spacial score (nSPS) is 24.3. The Labute approximate surface area is 134 Å². The largest absolute Gasteiger partial charge is 0.380 e. The maximum absolute atomic E-state index is 5.95. The molecule has 3 N–H and O–H groups in total. The summed E-state index contributed by atoms with van der Waals surface area (Å²) in [6, 6.07) is 20.3. The molecule has 0 amide bonds. The third-order valence-electron chi connectivity index (χ3n) is 4.19. The molecule has 2 aromatic rings. The number of amidine groups is 1. The minimum atomic E-state index is 0.346. The van der Waals surface area contributed by atoms with Crippen molar-refractivity contribution in [3.8, 4) is 0 Å². The highest BCUT2D eigenvalue weighted by atomic mass is 15.3. The number of hydrogen-bond donors (Lipinski definition) is 2. The van der Waals surface area contributed by atoms with Crippen LogP contribution in [0.15, 0.2) is 76.0 Å². The van der Waals surface area contributed by atoms with Crippen LogP contribution in [0.3, 0.4) is 0 Å². The highest BCUT2D eigenvalue weighted by Gasteiger charge is 2.45. The maximum atomic E-state index is 5.95. The summed E-state index contributed by atoms with van der Waals surface area (Å²) in [6.07, 6.45) is 1.07. The van der Waals surface area contributed by atoms with Crippen LogP contribution in [0.5, 0.6) is 0 Å². The van der Waals surface area contributed by atoms with Crippen LogP contribution in [0.1, 0.15) is 17.9 Å². The molecule has 0 spiro atoms. The average Bonchev–Trinajstić information content (AvgIpc) is 3.32. The van der Waals surface area contributed by atoms with Gasteiger partial charge in [0.05, 0.1) is 11.4 Å². The number of hydrogen-bond acceptors (Lipinski definition) is 5. The molecule has 2 aromatic carbocycles. The molecule has 1 fully saturated rings. The third kappa shape index (κ3) is 2.73. The van der Waals surface area contributed by atoms with Gasteiger partial charge >= 0.3 is 0 Å². The first-order chi connectivity index (χ1) is 11.3. The Kier molecular flexibility index (Phi) is 3.38. The van der Waals surface area contributed by atoms with Crippen LogP contribution in [-0.4, -0.2) is 17.3 Å². The molecule has 5 nitrogen and oxygen atoms in total. The Morgan fingerprint density at radius 1 is 0.913 bits per heavy atom. The van der Waals surface area contributed by atoms with Gasteiger partial charge in [-0.05, 0) is 30.0 Å². The van der Waals surface area contributed by atoms with E-state index in [0.29, 0.717) is 23.4 Å². The van der Waals surface area contributed by atoms with Crippen LogP contribution in [0.25, 0.3) is 0 Å². The number of nitrogens with two attached hydrogens (primary N) is 1. The van der Waals surface area contributed by atoms with Crippen molar-refractivity contribution in [2.75, 3.05) is 5.43 Å². The van der Waals surface area contributed by atoms with Gasteiger partial charge in [0.1, 0.15) is 0 Å². The third-order valence-corrected chi connectivity index (χ3v) is 4.19. The molecule has 114 valence electrons. The molecule has 0 saturated heterocycles. The minimum Gasteiger partial charge on any atom is -0.380 e. The topological polar surface area (TPSA) is 75.1 Å². The van der Waals surface area contributed by atoms with Crippen LogP contribution in [-0.2, 0) is 0 Å². The molecule has 1 heterocycles.